The molecule has 0 aromatic carbocycles. The molecule has 0 unspecified atom stereocenters. The number of ketones is 1. The van der Waals surface area contributed by atoms with Gasteiger partial charge in [0.25, 0.3) is 0 Å². The van der Waals surface area contributed by atoms with E-state index in [-0.39, 0.29) is 5.78 Å². The monoisotopic (exact) mass is 258 g/mol. The third kappa shape index (κ3) is 1.66. The van der Waals surface area contributed by atoms with Gasteiger partial charge in [0.2, 0.25) is 0 Å². The molecule has 0 aliphatic heterocycles. The van der Waals surface area contributed by atoms with E-state index in [1.54, 1.807) is 12.1 Å². The van der Waals surface area contributed by atoms with E-state index < -0.39 is 11.4 Å². The van der Waals surface area contributed by atoms with Gasteiger partial charge in [-0.3, -0.25) is 9.59 Å². The second-order valence-corrected chi connectivity index (χ2v) is 5.58. The van der Waals surface area contributed by atoms with Gasteiger partial charge in [0.15, 0.2) is 5.78 Å². The largest absolute Gasteiger partial charge is 0.468 e. The molecular formula is C11H11ClO3S. The van der Waals surface area contributed by atoms with Crippen molar-refractivity contribution in [3.05, 3.63) is 21.3 Å². The minimum Gasteiger partial charge on any atom is -0.468 e. The first-order chi connectivity index (χ1) is 7.60. The summed E-state index contributed by atoms with van der Waals surface area (Å²) in [6.45, 7) is 0. The Kier molecular flexibility index (Phi) is 3.04. The molecule has 0 amide bonds. The van der Waals surface area contributed by atoms with Gasteiger partial charge in [-0.25, -0.2) is 0 Å². The lowest BCUT2D eigenvalue weighted by molar-refractivity contribution is -0.153. The first-order valence-corrected chi connectivity index (χ1v) is 6.18. The van der Waals surface area contributed by atoms with Crippen molar-refractivity contribution in [2.24, 2.45) is 5.41 Å². The Labute approximate surface area is 102 Å². The molecular weight excluding hydrogens is 248 g/mol. The van der Waals surface area contributed by atoms with E-state index in [4.69, 9.17) is 16.3 Å². The summed E-state index contributed by atoms with van der Waals surface area (Å²) in [4.78, 5) is 24.4. The first-order valence-electron chi connectivity index (χ1n) is 4.99. The standard InChI is InChI=1S/C11H11ClO3S/c1-15-10(14)11(5-2-6-11)9(13)7-3-4-8(12)16-7/h3-4H,2,5-6H2,1H3. The number of methoxy groups -OCH3 is 1. The molecule has 0 N–H and O–H groups in total. The highest BCUT2D eigenvalue weighted by Gasteiger charge is 2.52. The Morgan fingerprint density at radius 2 is 2.12 bits per heavy atom. The molecule has 1 aliphatic carbocycles. The average molecular weight is 259 g/mol. The average Bonchev–Trinajstić information content (AvgIpc) is 2.62. The fraction of sp³-hybridized carbons (Fsp3) is 0.455. The lowest BCUT2D eigenvalue weighted by atomic mass is 9.65. The summed E-state index contributed by atoms with van der Waals surface area (Å²) in [6, 6.07) is 3.33. The van der Waals surface area contributed by atoms with Gasteiger partial charge in [-0.1, -0.05) is 18.0 Å². The van der Waals surface area contributed by atoms with Gasteiger partial charge in [0.05, 0.1) is 16.3 Å². The third-order valence-corrected chi connectivity index (χ3v) is 4.24. The normalized spacial score (nSPS) is 17.6. The molecule has 5 heteroatoms. The molecule has 1 aromatic rings. The quantitative estimate of drug-likeness (QED) is 0.476. The SMILES string of the molecule is COC(=O)C1(C(=O)c2ccc(Cl)s2)CCC1. The van der Waals surface area contributed by atoms with Crippen LogP contribution in [0.3, 0.4) is 0 Å². The van der Waals surface area contributed by atoms with E-state index in [2.05, 4.69) is 0 Å². The van der Waals surface area contributed by atoms with Crippen molar-refractivity contribution in [3.8, 4) is 0 Å². The van der Waals surface area contributed by atoms with Crippen LogP contribution in [0, 0.1) is 5.41 Å². The maximum Gasteiger partial charge on any atom is 0.319 e. The van der Waals surface area contributed by atoms with E-state index in [0.717, 1.165) is 6.42 Å². The minimum atomic E-state index is -0.942. The summed E-state index contributed by atoms with van der Waals surface area (Å²) in [5.41, 5.74) is -0.942. The van der Waals surface area contributed by atoms with Crippen LogP contribution in [0.5, 0.6) is 0 Å². The van der Waals surface area contributed by atoms with Crippen LogP contribution in [-0.4, -0.2) is 18.9 Å². The summed E-state index contributed by atoms with van der Waals surface area (Å²) < 4.78 is 5.28. The van der Waals surface area contributed by atoms with Gasteiger partial charge in [0.1, 0.15) is 5.41 Å². The summed E-state index contributed by atoms with van der Waals surface area (Å²) in [7, 11) is 1.32. The van der Waals surface area contributed by atoms with Crippen molar-refractivity contribution < 1.29 is 14.3 Å². The number of carbonyl (C=O) groups excluding carboxylic acids is 2. The molecule has 1 saturated carbocycles. The molecule has 0 spiro atoms. The Morgan fingerprint density at radius 1 is 1.44 bits per heavy atom. The van der Waals surface area contributed by atoms with Crippen molar-refractivity contribution in [1.82, 2.24) is 0 Å². The van der Waals surface area contributed by atoms with Crippen molar-refractivity contribution in [2.75, 3.05) is 7.11 Å². The van der Waals surface area contributed by atoms with Crippen LogP contribution in [0.4, 0.5) is 0 Å². The van der Waals surface area contributed by atoms with Gasteiger partial charge in [-0.2, -0.15) is 0 Å². The van der Waals surface area contributed by atoms with Gasteiger partial charge in [-0.05, 0) is 25.0 Å². The predicted molar refractivity (Wildman–Crippen MR) is 62.0 cm³/mol. The zero-order chi connectivity index (χ0) is 11.8. The topological polar surface area (TPSA) is 43.4 Å². The lowest BCUT2D eigenvalue weighted by Crippen LogP contribution is -2.45. The van der Waals surface area contributed by atoms with Crippen LogP contribution in [0.1, 0.15) is 28.9 Å². The molecule has 0 bridgehead atoms. The number of ether oxygens (including phenoxy) is 1. The summed E-state index contributed by atoms with van der Waals surface area (Å²) >= 11 is 6.99. The summed E-state index contributed by atoms with van der Waals surface area (Å²) in [5, 5.41) is 0. The number of thiophene rings is 1. The van der Waals surface area contributed by atoms with Gasteiger partial charge in [-0.15, -0.1) is 11.3 Å². The number of hydrogen-bond acceptors (Lipinski definition) is 4. The molecule has 1 aliphatic rings. The van der Waals surface area contributed by atoms with Crippen LogP contribution in [-0.2, 0) is 9.53 Å². The molecule has 16 heavy (non-hydrogen) atoms. The fourth-order valence-corrected chi connectivity index (χ4v) is 3.00. The molecule has 2 rings (SSSR count). The van der Waals surface area contributed by atoms with Crippen molar-refractivity contribution in [3.63, 3.8) is 0 Å². The van der Waals surface area contributed by atoms with Crippen LogP contribution in [0.15, 0.2) is 12.1 Å². The highest BCUT2D eigenvalue weighted by Crippen LogP contribution is 2.45. The van der Waals surface area contributed by atoms with Crippen LogP contribution in [0.25, 0.3) is 0 Å². The smallest absolute Gasteiger partial charge is 0.319 e. The maximum atomic E-state index is 12.2. The highest BCUT2D eigenvalue weighted by molar-refractivity contribution is 7.18. The zero-order valence-corrected chi connectivity index (χ0v) is 10.4. The van der Waals surface area contributed by atoms with Crippen molar-refractivity contribution in [2.45, 2.75) is 19.3 Å². The summed E-state index contributed by atoms with van der Waals surface area (Å²) in [6.07, 6.45) is 2.04. The molecule has 0 radical (unpaired) electrons. The number of carbonyl (C=O) groups is 2. The molecule has 3 nitrogen and oxygen atoms in total. The fourth-order valence-electron chi connectivity index (χ4n) is 1.92. The number of hydrogen-bond donors (Lipinski definition) is 0. The summed E-state index contributed by atoms with van der Waals surface area (Å²) in [5.74, 6) is -0.573. The second kappa shape index (κ2) is 4.18. The molecule has 86 valence electrons. The maximum absolute atomic E-state index is 12.2. The zero-order valence-electron chi connectivity index (χ0n) is 8.79. The van der Waals surface area contributed by atoms with E-state index in [9.17, 15) is 9.59 Å². The van der Waals surface area contributed by atoms with Crippen LogP contribution < -0.4 is 0 Å². The van der Waals surface area contributed by atoms with E-state index in [1.807, 2.05) is 0 Å². The van der Waals surface area contributed by atoms with E-state index in [1.165, 1.54) is 18.4 Å². The number of halogens is 1. The lowest BCUT2D eigenvalue weighted by Gasteiger charge is -2.36. The number of Topliss-reactive ketones (excluding diaryl/α,β-unsaturated/α-hetero) is 1. The Morgan fingerprint density at radius 3 is 2.50 bits per heavy atom. The van der Waals surface area contributed by atoms with Crippen LogP contribution >= 0.6 is 22.9 Å². The molecule has 1 heterocycles. The van der Waals surface area contributed by atoms with Gasteiger partial charge >= 0.3 is 5.97 Å². The van der Waals surface area contributed by atoms with Gasteiger partial charge < -0.3 is 4.74 Å². The molecule has 1 fully saturated rings. The first kappa shape index (κ1) is 11.6. The van der Waals surface area contributed by atoms with Crippen LogP contribution in [0.2, 0.25) is 4.34 Å². The Bertz CT molecular complexity index is 434. The molecule has 0 atom stereocenters. The number of rotatable bonds is 3. The Balaban J connectivity index is 2.29. The second-order valence-electron chi connectivity index (χ2n) is 3.86. The number of esters is 1. The molecule has 0 saturated heterocycles. The van der Waals surface area contributed by atoms with Gasteiger partial charge in [0, 0.05) is 0 Å². The van der Waals surface area contributed by atoms with Crippen molar-refractivity contribution >= 4 is 34.7 Å². The van der Waals surface area contributed by atoms with Crippen molar-refractivity contribution in [1.29, 1.82) is 0 Å². The van der Waals surface area contributed by atoms with E-state index >= 15 is 0 Å². The third-order valence-electron chi connectivity index (χ3n) is 3.01. The molecule has 1 aromatic heterocycles. The van der Waals surface area contributed by atoms with E-state index in [0.29, 0.717) is 22.1 Å². The highest BCUT2D eigenvalue weighted by atomic mass is 35.5. The minimum absolute atomic E-state index is 0.150. The predicted octanol–water partition coefficient (Wildman–Crippen LogP) is 2.93. The Hall–Kier alpha value is -0.870.